The lowest BCUT2D eigenvalue weighted by Crippen LogP contribution is -2.33. The quantitative estimate of drug-likeness (QED) is 0.109. The Labute approximate surface area is 290 Å². The predicted octanol–water partition coefficient (Wildman–Crippen LogP) is 2.84. The van der Waals surface area contributed by atoms with Crippen molar-refractivity contribution in [3.8, 4) is 23.0 Å². The van der Waals surface area contributed by atoms with Gasteiger partial charge in [0, 0.05) is 61.0 Å². The lowest BCUT2D eigenvalue weighted by molar-refractivity contribution is -0.137. The average molecular weight is 720 g/mol. The van der Waals surface area contributed by atoms with Crippen molar-refractivity contribution in [3.63, 3.8) is 0 Å². The minimum atomic E-state index is -4.10. The van der Waals surface area contributed by atoms with Crippen LogP contribution in [0.5, 0.6) is 23.0 Å². The molecule has 2 aliphatic rings. The van der Waals surface area contributed by atoms with E-state index < -0.39 is 51.6 Å². The number of nitrogens with zero attached hydrogens (tertiary/aromatic N) is 1. The number of carbonyl (C=O) groups is 4. The summed E-state index contributed by atoms with van der Waals surface area (Å²) in [5.41, 5.74) is 6.98. The second-order valence-corrected chi connectivity index (χ2v) is 14.1. The van der Waals surface area contributed by atoms with Crippen LogP contribution in [0.3, 0.4) is 0 Å². The maximum atomic E-state index is 13.3. The number of aryl methyl sites for hydroxylation is 1. The molecule has 15 nitrogen and oxygen atoms in total. The minimum absolute atomic E-state index is 0.0188. The van der Waals surface area contributed by atoms with Gasteiger partial charge < -0.3 is 41.0 Å². The van der Waals surface area contributed by atoms with Crippen LogP contribution in [0.1, 0.15) is 68.7 Å². The van der Waals surface area contributed by atoms with Gasteiger partial charge in [0.15, 0.2) is 5.60 Å². The summed E-state index contributed by atoms with van der Waals surface area (Å²) in [7, 11) is -4.10. The highest BCUT2D eigenvalue weighted by Crippen LogP contribution is 2.57. The smallest absolute Gasteiger partial charge is 0.340 e. The van der Waals surface area contributed by atoms with Crippen molar-refractivity contribution >= 4 is 33.8 Å². The minimum Gasteiger partial charge on any atom is -0.508 e. The van der Waals surface area contributed by atoms with E-state index in [1.54, 1.807) is 30.3 Å². The van der Waals surface area contributed by atoms with Crippen LogP contribution >= 0.6 is 0 Å². The van der Waals surface area contributed by atoms with Crippen LogP contribution < -0.4 is 15.8 Å². The lowest BCUT2D eigenvalue weighted by atomic mass is 9.77. The molecule has 7 N–H and O–H groups in total. The molecular weight excluding hydrogens is 686 g/mol. The number of carbonyl (C=O) groups excluding carboxylic acids is 2. The molecule has 0 unspecified atom stereocenters. The number of fused-ring (bicyclic) bond motifs is 6. The van der Waals surface area contributed by atoms with Crippen molar-refractivity contribution in [1.29, 1.82) is 0 Å². The molecule has 4 aromatic rings. The number of phenols is 2. The summed E-state index contributed by atoms with van der Waals surface area (Å²) >= 11 is 0. The molecule has 1 amide bonds. The monoisotopic (exact) mass is 719 g/mol. The number of amides is 1. The zero-order chi connectivity index (χ0) is 36.7. The number of rotatable bonds is 13. The largest absolute Gasteiger partial charge is 0.508 e. The number of nitrogens with one attached hydrogen (secondary N) is 1. The van der Waals surface area contributed by atoms with Crippen molar-refractivity contribution in [2.45, 2.75) is 50.8 Å². The molecule has 3 heterocycles. The van der Waals surface area contributed by atoms with Crippen molar-refractivity contribution in [1.82, 2.24) is 9.29 Å². The number of hydrogen-bond donors (Lipinski definition) is 6. The molecule has 0 saturated heterocycles. The van der Waals surface area contributed by atoms with Gasteiger partial charge in [-0.05, 0) is 65.9 Å². The molecule has 1 spiro atoms. The number of benzene rings is 3. The van der Waals surface area contributed by atoms with Gasteiger partial charge in [0.2, 0.25) is 15.9 Å². The zero-order valence-electron chi connectivity index (χ0n) is 26.9. The third kappa shape index (κ3) is 6.58. The Balaban J connectivity index is 1.18. The summed E-state index contributed by atoms with van der Waals surface area (Å²) < 4.78 is 39.5. The van der Waals surface area contributed by atoms with E-state index in [2.05, 4.69) is 5.32 Å². The molecule has 1 aromatic heterocycles. The van der Waals surface area contributed by atoms with E-state index in [9.17, 15) is 42.9 Å². The van der Waals surface area contributed by atoms with Gasteiger partial charge in [0.25, 0.3) is 0 Å². The van der Waals surface area contributed by atoms with Gasteiger partial charge in [-0.2, -0.15) is 0 Å². The van der Waals surface area contributed by atoms with Gasteiger partial charge in [-0.15, -0.1) is 0 Å². The summed E-state index contributed by atoms with van der Waals surface area (Å²) in [5, 5.41) is 41.5. The van der Waals surface area contributed by atoms with Gasteiger partial charge in [-0.25, -0.2) is 17.2 Å². The average Bonchev–Trinajstić information content (AvgIpc) is 3.56. The second-order valence-electron chi connectivity index (χ2n) is 12.2. The Hall–Kier alpha value is -5.87. The van der Waals surface area contributed by atoms with Crippen molar-refractivity contribution in [2.75, 3.05) is 5.75 Å². The van der Waals surface area contributed by atoms with Gasteiger partial charge in [-0.1, -0.05) is 6.07 Å². The fourth-order valence-electron chi connectivity index (χ4n) is 6.56. The molecule has 0 radical (unpaired) electrons. The summed E-state index contributed by atoms with van der Waals surface area (Å²) in [6, 6.07) is 13.7. The Morgan fingerprint density at radius 1 is 0.882 bits per heavy atom. The van der Waals surface area contributed by atoms with Crippen molar-refractivity contribution in [3.05, 3.63) is 105 Å². The van der Waals surface area contributed by atoms with Gasteiger partial charge in [0.1, 0.15) is 23.0 Å². The number of esters is 1. The second kappa shape index (κ2) is 13.4. The Morgan fingerprint density at radius 2 is 1.55 bits per heavy atom. The maximum absolute atomic E-state index is 13.3. The van der Waals surface area contributed by atoms with Gasteiger partial charge >= 0.3 is 17.9 Å². The van der Waals surface area contributed by atoms with Crippen LogP contribution in [0.25, 0.3) is 0 Å². The summed E-state index contributed by atoms with van der Waals surface area (Å²) in [4.78, 5) is 48.6. The number of carboxylic acid groups (broad SMARTS) is 2. The van der Waals surface area contributed by atoms with Crippen molar-refractivity contribution < 1.29 is 57.5 Å². The molecule has 16 heteroatoms. The number of hydrogen-bond acceptors (Lipinski definition) is 11. The third-order valence-corrected chi connectivity index (χ3v) is 10.6. The van der Waals surface area contributed by atoms with E-state index in [0.29, 0.717) is 22.3 Å². The molecule has 51 heavy (non-hydrogen) atoms. The van der Waals surface area contributed by atoms with E-state index in [1.165, 1.54) is 30.5 Å². The molecule has 0 fully saturated rings. The molecule has 2 aliphatic heterocycles. The summed E-state index contributed by atoms with van der Waals surface area (Å²) in [6.07, 6.45) is -0.00362. The number of nitrogens with two attached hydrogens (primary N) is 1. The highest BCUT2D eigenvalue weighted by Gasteiger charge is 2.53. The van der Waals surface area contributed by atoms with Crippen molar-refractivity contribution in [2.24, 2.45) is 5.73 Å². The van der Waals surface area contributed by atoms with E-state index in [4.69, 9.17) is 20.3 Å². The predicted molar refractivity (Wildman–Crippen MR) is 178 cm³/mol. The van der Waals surface area contributed by atoms with Crippen LogP contribution in [0.2, 0.25) is 0 Å². The number of aromatic nitrogens is 1. The highest BCUT2D eigenvalue weighted by molar-refractivity contribution is 7.89. The summed E-state index contributed by atoms with van der Waals surface area (Å²) in [6.45, 7) is -0.284. The Morgan fingerprint density at radius 3 is 2.16 bits per heavy atom. The standard InChI is InChI=1S/C35H33N3O12S/c36-16-28-24(15-33(44)45)20(4-10-32(42)43)18-38(28)51(47,48)11-1-2-31(41)37-17-19-3-7-23-27(12-19)35(50-34(23)46)25-8-5-21(39)13-29(25)49-30-14-22(40)6-9-26(30)35/h3,5-9,12-14,18,39-40H,1-2,4,10-11,15-17,36H2,(H,37,41)(H,42,43)(H,44,45). The van der Waals surface area contributed by atoms with E-state index >= 15 is 0 Å². The number of aromatic hydroxyl groups is 2. The van der Waals surface area contributed by atoms with Crippen LogP contribution in [-0.4, -0.2) is 62.4 Å². The first-order chi connectivity index (χ1) is 24.2. The first-order valence-corrected chi connectivity index (χ1v) is 17.4. The number of aliphatic carboxylic acids is 2. The molecule has 6 rings (SSSR count). The SMILES string of the molecule is NCc1c(CC(=O)O)c(CCC(=O)O)cn1S(=O)(=O)CCCC(=O)NCc1ccc2c(c1)C1(OC2=O)c2ccc(O)cc2Oc2cc(O)ccc21. The molecule has 0 aliphatic carbocycles. The number of ether oxygens (including phenoxy) is 2. The summed E-state index contributed by atoms with van der Waals surface area (Å²) in [5.74, 6) is -3.63. The van der Waals surface area contributed by atoms with Crippen LogP contribution in [0, 0.1) is 0 Å². The third-order valence-electron chi connectivity index (χ3n) is 8.84. The molecule has 3 aromatic carbocycles. The van der Waals surface area contributed by atoms with Crippen LogP contribution in [0.15, 0.2) is 60.8 Å². The normalized spacial score (nSPS) is 13.9. The lowest BCUT2D eigenvalue weighted by Gasteiger charge is -2.36. The van der Waals surface area contributed by atoms with E-state index in [0.717, 1.165) is 3.97 Å². The van der Waals surface area contributed by atoms with Gasteiger partial charge in [-0.3, -0.25) is 14.4 Å². The van der Waals surface area contributed by atoms with Gasteiger partial charge in [0.05, 0.1) is 23.4 Å². The highest BCUT2D eigenvalue weighted by atomic mass is 32.2. The maximum Gasteiger partial charge on any atom is 0.340 e. The molecular formula is C35H33N3O12S. The first-order valence-electron chi connectivity index (χ1n) is 15.8. The molecule has 0 saturated carbocycles. The Bertz CT molecular complexity index is 2160. The Kier molecular flexibility index (Phi) is 9.22. The van der Waals surface area contributed by atoms with E-state index in [-0.39, 0.29) is 84.2 Å². The fraction of sp³-hybridized carbons (Fsp3) is 0.257. The molecule has 266 valence electrons. The number of carboxylic acids is 2. The van der Waals surface area contributed by atoms with E-state index in [1.807, 2.05) is 0 Å². The fourth-order valence-corrected chi connectivity index (χ4v) is 8.07. The molecule has 0 atom stereocenters. The zero-order valence-corrected chi connectivity index (χ0v) is 27.7. The molecule has 0 bridgehead atoms. The number of phenolic OH excluding ortho intramolecular Hbond substituents is 2. The topological polar surface area (TPSA) is 245 Å². The van der Waals surface area contributed by atoms with Crippen LogP contribution in [-0.2, 0) is 60.7 Å². The van der Waals surface area contributed by atoms with Crippen LogP contribution in [0.4, 0.5) is 0 Å². The first kappa shape index (κ1) is 35.0.